The molecule has 6 N–H and O–H groups in total. The van der Waals surface area contributed by atoms with Gasteiger partial charge in [0.2, 0.25) is 0 Å². The van der Waals surface area contributed by atoms with Crippen molar-refractivity contribution in [2.75, 3.05) is 42.4 Å². The lowest BCUT2D eigenvalue weighted by Crippen LogP contribution is -2.11. The Labute approximate surface area is 131 Å². The summed E-state index contributed by atoms with van der Waals surface area (Å²) in [5.74, 6) is 0. The summed E-state index contributed by atoms with van der Waals surface area (Å²) in [5.41, 5.74) is 17.4. The molecule has 0 unspecified atom stereocenters. The molecule has 5 heteroatoms. The Morgan fingerprint density at radius 2 is 1.73 bits per heavy atom. The topological polar surface area (TPSA) is 87.5 Å². The van der Waals surface area contributed by atoms with Crippen molar-refractivity contribution >= 4 is 22.7 Å². The highest BCUT2D eigenvalue weighted by atomic mass is 16.2. The first-order valence-electron chi connectivity index (χ1n) is 7.30. The molecule has 0 aliphatic rings. The fourth-order valence-electron chi connectivity index (χ4n) is 2.43. The van der Waals surface area contributed by atoms with Crippen LogP contribution in [0.25, 0.3) is 0 Å². The first-order chi connectivity index (χ1) is 10.5. The molecular weight excluding hydrogens is 276 g/mol. The van der Waals surface area contributed by atoms with Gasteiger partial charge in [0.05, 0.1) is 0 Å². The van der Waals surface area contributed by atoms with Crippen molar-refractivity contribution in [2.24, 2.45) is 0 Å². The van der Waals surface area contributed by atoms with Crippen LogP contribution in [0, 0.1) is 0 Å². The highest BCUT2D eigenvalue weighted by Gasteiger charge is 2.10. The van der Waals surface area contributed by atoms with Crippen molar-refractivity contribution in [3.63, 3.8) is 0 Å². The number of hydrogen-bond donors (Lipinski definition) is 4. The molecule has 0 amide bonds. The van der Waals surface area contributed by atoms with Gasteiger partial charge < -0.3 is 26.8 Å². The summed E-state index contributed by atoms with van der Waals surface area (Å²) in [6.07, 6.45) is 0.506. The molecule has 2 aromatic carbocycles. The van der Waals surface area contributed by atoms with Gasteiger partial charge in [-0.25, -0.2) is 0 Å². The quantitative estimate of drug-likeness (QED) is 0.613. The summed E-state index contributed by atoms with van der Waals surface area (Å²) in [6, 6.07) is 11.8. The molecule has 2 aromatic rings. The number of benzene rings is 2. The van der Waals surface area contributed by atoms with E-state index in [2.05, 4.69) is 22.3 Å². The Bertz CT molecular complexity index is 641. The highest BCUT2D eigenvalue weighted by molar-refractivity contribution is 5.64. The average Bonchev–Trinajstić information content (AvgIpc) is 2.51. The lowest BCUT2D eigenvalue weighted by Gasteiger charge is -2.17. The van der Waals surface area contributed by atoms with E-state index in [9.17, 15) is 5.11 Å². The van der Waals surface area contributed by atoms with E-state index in [0.29, 0.717) is 24.3 Å². The average molecular weight is 300 g/mol. The van der Waals surface area contributed by atoms with Crippen LogP contribution in [-0.2, 0) is 13.0 Å². The molecule has 0 spiro atoms. The smallest absolute Gasteiger partial charge is 0.0472 e. The zero-order chi connectivity index (χ0) is 16.1. The van der Waals surface area contributed by atoms with Gasteiger partial charge in [0.25, 0.3) is 0 Å². The molecule has 0 saturated heterocycles. The molecule has 0 bridgehead atoms. The van der Waals surface area contributed by atoms with E-state index in [4.69, 9.17) is 11.5 Å². The van der Waals surface area contributed by atoms with Crippen molar-refractivity contribution in [3.8, 4) is 0 Å². The fourth-order valence-corrected chi connectivity index (χ4v) is 2.43. The third-order valence-corrected chi connectivity index (χ3v) is 3.70. The second-order valence-corrected chi connectivity index (χ2v) is 5.47. The molecule has 0 aliphatic heterocycles. The maximum Gasteiger partial charge on any atom is 0.0472 e. The van der Waals surface area contributed by atoms with E-state index in [1.165, 1.54) is 0 Å². The van der Waals surface area contributed by atoms with Gasteiger partial charge in [-0.3, -0.25) is 0 Å². The number of nitrogens with two attached hydrogens (primary N) is 2. The molecule has 0 radical (unpaired) electrons. The van der Waals surface area contributed by atoms with Gasteiger partial charge in [-0.15, -0.1) is 0 Å². The SMILES string of the molecule is CN(C)c1cccc(NCc2c(N)ccc(N)c2CCO)c1. The summed E-state index contributed by atoms with van der Waals surface area (Å²) < 4.78 is 0. The van der Waals surface area contributed by atoms with Gasteiger partial charge >= 0.3 is 0 Å². The Kier molecular flexibility index (Phi) is 5.12. The van der Waals surface area contributed by atoms with Gasteiger partial charge in [0.15, 0.2) is 0 Å². The molecule has 0 fully saturated rings. The van der Waals surface area contributed by atoms with Crippen LogP contribution in [0.2, 0.25) is 0 Å². The maximum atomic E-state index is 9.22. The normalized spacial score (nSPS) is 10.5. The van der Waals surface area contributed by atoms with Crippen LogP contribution >= 0.6 is 0 Å². The molecule has 2 rings (SSSR count). The van der Waals surface area contributed by atoms with Gasteiger partial charge in [-0.05, 0) is 47.9 Å². The number of nitrogen functional groups attached to an aromatic ring is 2. The van der Waals surface area contributed by atoms with E-state index in [1.807, 2.05) is 32.3 Å². The number of rotatable bonds is 6. The molecule has 0 aromatic heterocycles. The molecule has 0 saturated carbocycles. The highest BCUT2D eigenvalue weighted by Crippen LogP contribution is 2.25. The summed E-state index contributed by atoms with van der Waals surface area (Å²) in [5, 5.41) is 12.6. The van der Waals surface area contributed by atoms with Crippen molar-refractivity contribution in [3.05, 3.63) is 47.5 Å². The number of anilines is 4. The third kappa shape index (κ3) is 3.62. The number of aliphatic hydroxyl groups is 1. The van der Waals surface area contributed by atoms with Gasteiger partial charge in [0, 0.05) is 50.0 Å². The van der Waals surface area contributed by atoms with E-state index in [0.717, 1.165) is 22.5 Å². The van der Waals surface area contributed by atoms with Crippen molar-refractivity contribution in [2.45, 2.75) is 13.0 Å². The van der Waals surface area contributed by atoms with Gasteiger partial charge in [-0.2, -0.15) is 0 Å². The van der Waals surface area contributed by atoms with Crippen LogP contribution in [-0.4, -0.2) is 25.8 Å². The standard InChI is InChI=1S/C17H24N4O/c1-21(2)13-5-3-4-12(10-13)20-11-15-14(8-9-22)16(18)6-7-17(15)19/h3-7,10,20,22H,8-9,11,18-19H2,1-2H3. The Balaban J connectivity index is 2.21. The molecule has 5 nitrogen and oxygen atoms in total. The minimum atomic E-state index is 0.0523. The predicted octanol–water partition coefficient (Wildman–Crippen LogP) is 2.06. The number of nitrogens with one attached hydrogen (secondary N) is 1. The molecular formula is C17H24N4O. The monoisotopic (exact) mass is 300 g/mol. The Morgan fingerprint density at radius 3 is 2.36 bits per heavy atom. The van der Waals surface area contributed by atoms with E-state index in [1.54, 1.807) is 6.07 Å². The van der Waals surface area contributed by atoms with Crippen LogP contribution in [0.4, 0.5) is 22.7 Å². The predicted molar refractivity (Wildman–Crippen MR) is 94.2 cm³/mol. The van der Waals surface area contributed by atoms with Crippen molar-refractivity contribution in [1.29, 1.82) is 0 Å². The Morgan fingerprint density at radius 1 is 1.05 bits per heavy atom. The van der Waals surface area contributed by atoms with E-state index >= 15 is 0 Å². The molecule has 118 valence electrons. The molecule has 22 heavy (non-hydrogen) atoms. The van der Waals surface area contributed by atoms with E-state index < -0.39 is 0 Å². The lowest BCUT2D eigenvalue weighted by atomic mass is 10.0. The second kappa shape index (κ2) is 7.04. The second-order valence-electron chi connectivity index (χ2n) is 5.47. The first-order valence-corrected chi connectivity index (χ1v) is 7.30. The van der Waals surface area contributed by atoms with Gasteiger partial charge in [-0.1, -0.05) is 6.07 Å². The summed E-state index contributed by atoms with van der Waals surface area (Å²) >= 11 is 0. The Hall–Kier alpha value is -2.40. The van der Waals surface area contributed by atoms with Crippen LogP contribution in [0.15, 0.2) is 36.4 Å². The summed E-state index contributed by atoms with van der Waals surface area (Å²) in [4.78, 5) is 2.05. The van der Waals surface area contributed by atoms with Crippen molar-refractivity contribution < 1.29 is 5.11 Å². The number of nitrogens with zero attached hydrogens (tertiary/aromatic N) is 1. The maximum absolute atomic E-state index is 9.22. The van der Waals surface area contributed by atoms with Gasteiger partial charge in [0.1, 0.15) is 0 Å². The fraction of sp³-hybridized carbons (Fsp3) is 0.294. The molecule has 0 aliphatic carbocycles. The lowest BCUT2D eigenvalue weighted by molar-refractivity contribution is 0.299. The minimum Gasteiger partial charge on any atom is -0.398 e. The largest absolute Gasteiger partial charge is 0.398 e. The molecule has 0 atom stereocenters. The van der Waals surface area contributed by atoms with Crippen molar-refractivity contribution in [1.82, 2.24) is 0 Å². The van der Waals surface area contributed by atoms with Crippen LogP contribution in [0.5, 0.6) is 0 Å². The first kappa shape index (κ1) is 16.0. The van der Waals surface area contributed by atoms with Crippen LogP contribution < -0.4 is 21.7 Å². The summed E-state index contributed by atoms with van der Waals surface area (Å²) in [6.45, 7) is 0.625. The number of aliphatic hydroxyl groups excluding tert-OH is 1. The van der Waals surface area contributed by atoms with Crippen LogP contribution in [0.3, 0.4) is 0 Å². The zero-order valence-corrected chi connectivity index (χ0v) is 13.1. The third-order valence-electron chi connectivity index (χ3n) is 3.70. The minimum absolute atomic E-state index is 0.0523. The number of hydrogen-bond acceptors (Lipinski definition) is 5. The van der Waals surface area contributed by atoms with E-state index in [-0.39, 0.29) is 6.61 Å². The summed E-state index contributed by atoms with van der Waals surface area (Å²) in [7, 11) is 4.02. The zero-order valence-electron chi connectivity index (χ0n) is 13.1. The molecule has 0 heterocycles. The van der Waals surface area contributed by atoms with Crippen LogP contribution in [0.1, 0.15) is 11.1 Å².